The maximum Gasteiger partial charge on any atom is 0.131 e. The Morgan fingerprint density at radius 2 is 2.35 bits per heavy atom. The van der Waals surface area contributed by atoms with Crippen LogP contribution in [-0.4, -0.2) is 18.8 Å². The van der Waals surface area contributed by atoms with Crippen molar-refractivity contribution in [1.29, 1.82) is 0 Å². The van der Waals surface area contributed by atoms with Crippen molar-refractivity contribution >= 4 is 15.9 Å². The maximum atomic E-state index is 6.19. The predicted octanol–water partition coefficient (Wildman–Crippen LogP) is 3.03. The molecule has 94 valence electrons. The predicted molar refractivity (Wildman–Crippen MR) is 71.2 cm³/mol. The van der Waals surface area contributed by atoms with E-state index in [9.17, 15) is 0 Å². The first-order chi connectivity index (χ1) is 8.04. The summed E-state index contributed by atoms with van der Waals surface area (Å²) in [6.45, 7) is 5.30. The molecule has 1 aliphatic heterocycles. The molecule has 0 fully saturated rings. The van der Waals surface area contributed by atoms with Crippen LogP contribution in [0.2, 0.25) is 0 Å². The summed E-state index contributed by atoms with van der Waals surface area (Å²) in [4.78, 5) is 0. The second-order valence-electron chi connectivity index (χ2n) is 4.68. The summed E-state index contributed by atoms with van der Waals surface area (Å²) in [6, 6.07) is 5.99. The van der Waals surface area contributed by atoms with E-state index in [0.29, 0.717) is 13.2 Å². The summed E-state index contributed by atoms with van der Waals surface area (Å²) in [6.07, 6.45) is 0.779. The summed E-state index contributed by atoms with van der Waals surface area (Å²) in [5, 5.41) is 0. The molecule has 0 bridgehead atoms. The number of ether oxygens (including phenoxy) is 2. The van der Waals surface area contributed by atoms with Gasteiger partial charge in [0, 0.05) is 29.1 Å². The SMILES string of the molecule is CCOCC1(C)C[C@H](N)c2ccc(Br)cc2O1. The molecule has 1 unspecified atom stereocenters. The van der Waals surface area contributed by atoms with Crippen LogP contribution in [-0.2, 0) is 4.74 Å². The topological polar surface area (TPSA) is 44.5 Å². The van der Waals surface area contributed by atoms with Crippen LogP contribution in [0.4, 0.5) is 0 Å². The number of nitrogens with two attached hydrogens (primary N) is 1. The smallest absolute Gasteiger partial charge is 0.131 e. The van der Waals surface area contributed by atoms with Gasteiger partial charge in [0.05, 0.1) is 6.61 Å². The molecule has 2 rings (SSSR count). The molecule has 0 saturated heterocycles. The van der Waals surface area contributed by atoms with Gasteiger partial charge in [-0.25, -0.2) is 0 Å². The zero-order chi connectivity index (χ0) is 12.5. The third-order valence-corrected chi connectivity index (χ3v) is 3.49. The highest BCUT2D eigenvalue weighted by molar-refractivity contribution is 9.10. The van der Waals surface area contributed by atoms with Crippen molar-refractivity contribution in [2.75, 3.05) is 13.2 Å². The highest BCUT2D eigenvalue weighted by atomic mass is 79.9. The van der Waals surface area contributed by atoms with Crippen LogP contribution in [0.5, 0.6) is 5.75 Å². The third kappa shape index (κ3) is 2.81. The standard InChI is InChI=1S/C13H18BrNO2/c1-3-16-8-13(2)7-11(15)10-5-4-9(14)6-12(10)17-13/h4-6,11H,3,7-8,15H2,1-2H3/t11-,13?/m0/s1. The number of hydrogen-bond donors (Lipinski definition) is 1. The second-order valence-corrected chi connectivity index (χ2v) is 5.60. The maximum absolute atomic E-state index is 6.19. The number of hydrogen-bond acceptors (Lipinski definition) is 3. The molecule has 2 atom stereocenters. The van der Waals surface area contributed by atoms with Gasteiger partial charge in [0.25, 0.3) is 0 Å². The Morgan fingerprint density at radius 1 is 1.59 bits per heavy atom. The molecule has 0 spiro atoms. The molecule has 0 aromatic heterocycles. The average molecular weight is 300 g/mol. The third-order valence-electron chi connectivity index (χ3n) is 2.99. The van der Waals surface area contributed by atoms with Gasteiger partial charge in [0.15, 0.2) is 0 Å². The van der Waals surface area contributed by atoms with Crippen molar-refractivity contribution in [3.05, 3.63) is 28.2 Å². The second kappa shape index (κ2) is 4.96. The first-order valence-electron chi connectivity index (χ1n) is 5.86. The largest absolute Gasteiger partial charge is 0.485 e. The molecule has 3 nitrogen and oxygen atoms in total. The van der Waals surface area contributed by atoms with Crippen molar-refractivity contribution in [2.45, 2.75) is 31.9 Å². The van der Waals surface area contributed by atoms with Crippen LogP contribution in [0.1, 0.15) is 31.9 Å². The number of rotatable bonds is 3. The van der Waals surface area contributed by atoms with E-state index in [1.807, 2.05) is 32.0 Å². The van der Waals surface area contributed by atoms with Gasteiger partial charge in [0.1, 0.15) is 11.4 Å². The summed E-state index contributed by atoms with van der Waals surface area (Å²) in [7, 11) is 0. The van der Waals surface area contributed by atoms with E-state index in [1.165, 1.54) is 0 Å². The average Bonchev–Trinajstić information content (AvgIpc) is 2.25. The summed E-state index contributed by atoms with van der Waals surface area (Å²) in [5.74, 6) is 0.861. The van der Waals surface area contributed by atoms with E-state index in [4.69, 9.17) is 15.2 Å². The Hall–Kier alpha value is -0.580. The van der Waals surface area contributed by atoms with Gasteiger partial charge in [-0.15, -0.1) is 0 Å². The zero-order valence-electron chi connectivity index (χ0n) is 10.2. The monoisotopic (exact) mass is 299 g/mol. The zero-order valence-corrected chi connectivity index (χ0v) is 11.8. The highest BCUT2D eigenvalue weighted by Gasteiger charge is 2.36. The Kier molecular flexibility index (Phi) is 3.76. The molecule has 1 aromatic rings. The lowest BCUT2D eigenvalue weighted by atomic mass is 9.89. The molecule has 1 aliphatic rings. The fraction of sp³-hybridized carbons (Fsp3) is 0.538. The summed E-state index contributed by atoms with van der Waals surface area (Å²) in [5.41, 5.74) is 6.93. The van der Waals surface area contributed by atoms with Gasteiger partial charge in [-0.3, -0.25) is 0 Å². The van der Waals surface area contributed by atoms with Gasteiger partial charge in [-0.2, -0.15) is 0 Å². The van der Waals surface area contributed by atoms with Crippen molar-refractivity contribution in [3.63, 3.8) is 0 Å². The van der Waals surface area contributed by atoms with Gasteiger partial charge < -0.3 is 15.2 Å². The van der Waals surface area contributed by atoms with E-state index in [2.05, 4.69) is 15.9 Å². The first-order valence-corrected chi connectivity index (χ1v) is 6.65. The highest BCUT2D eigenvalue weighted by Crippen LogP contribution is 2.39. The minimum atomic E-state index is -0.330. The number of halogens is 1. The minimum Gasteiger partial charge on any atom is -0.485 e. The van der Waals surface area contributed by atoms with E-state index < -0.39 is 0 Å². The normalized spacial score (nSPS) is 27.4. The quantitative estimate of drug-likeness (QED) is 0.933. The van der Waals surface area contributed by atoms with Gasteiger partial charge >= 0.3 is 0 Å². The molecule has 0 aliphatic carbocycles. The van der Waals surface area contributed by atoms with E-state index in [0.717, 1.165) is 22.2 Å². The Labute approximate surface area is 110 Å². The lowest BCUT2D eigenvalue weighted by Gasteiger charge is -2.38. The molecule has 4 heteroatoms. The lowest BCUT2D eigenvalue weighted by molar-refractivity contribution is -0.0302. The van der Waals surface area contributed by atoms with Crippen molar-refractivity contribution < 1.29 is 9.47 Å². The molecule has 2 N–H and O–H groups in total. The van der Waals surface area contributed by atoms with Crippen LogP contribution >= 0.6 is 15.9 Å². The van der Waals surface area contributed by atoms with Crippen molar-refractivity contribution in [3.8, 4) is 5.75 Å². The molecular weight excluding hydrogens is 282 g/mol. The summed E-state index contributed by atoms with van der Waals surface area (Å²) >= 11 is 3.45. The summed E-state index contributed by atoms with van der Waals surface area (Å²) < 4.78 is 12.5. The Morgan fingerprint density at radius 3 is 3.06 bits per heavy atom. The van der Waals surface area contributed by atoms with E-state index in [-0.39, 0.29) is 11.6 Å². The van der Waals surface area contributed by atoms with Gasteiger partial charge in [-0.05, 0) is 26.0 Å². The molecule has 0 saturated carbocycles. The number of fused-ring (bicyclic) bond motifs is 1. The molecule has 1 heterocycles. The first kappa shape index (κ1) is 12.9. The minimum absolute atomic E-state index is 0.0114. The van der Waals surface area contributed by atoms with Crippen LogP contribution in [0.25, 0.3) is 0 Å². The van der Waals surface area contributed by atoms with Gasteiger partial charge in [-0.1, -0.05) is 22.0 Å². The van der Waals surface area contributed by atoms with Crippen LogP contribution in [0.15, 0.2) is 22.7 Å². The van der Waals surface area contributed by atoms with E-state index >= 15 is 0 Å². The number of benzene rings is 1. The molecule has 1 aromatic carbocycles. The molecular formula is C13H18BrNO2. The Bertz CT molecular complexity index is 410. The van der Waals surface area contributed by atoms with Crippen LogP contribution in [0.3, 0.4) is 0 Å². The molecule has 0 amide bonds. The van der Waals surface area contributed by atoms with Crippen LogP contribution in [0, 0.1) is 0 Å². The van der Waals surface area contributed by atoms with Crippen LogP contribution < -0.4 is 10.5 Å². The Balaban J connectivity index is 2.25. The fourth-order valence-electron chi connectivity index (χ4n) is 2.19. The van der Waals surface area contributed by atoms with Crippen molar-refractivity contribution in [2.24, 2.45) is 5.73 Å². The molecule has 17 heavy (non-hydrogen) atoms. The van der Waals surface area contributed by atoms with Gasteiger partial charge in [0.2, 0.25) is 0 Å². The molecule has 0 radical (unpaired) electrons. The van der Waals surface area contributed by atoms with E-state index in [1.54, 1.807) is 0 Å². The fourth-order valence-corrected chi connectivity index (χ4v) is 2.53. The lowest BCUT2D eigenvalue weighted by Crippen LogP contribution is -2.44. The van der Waals surface area contributed by atoms with Crippen molar-refractivity contribution in [1.82, 2.24) is 0 Å².